The van der Waals surface area contributed by atoms with Crippen LogP contribution < -0.4 is 0 Å². The zero-order valence-corrected chi connectivity index (χ0v) is 9.18. The van der Waals surface area contributed by atoms with Crippen LogP contribution >= 0.6 is 15.9 Å². The monoisotopic (exact) mass is 236 g/mol. The largest absolute Gasteiger partial charge is 0.0552 e. The minimum absolute atomic E-state index is 0.884. The summed E-state index contributed by atoms with van der Waals surface area (Å²) < 4.78 is 1.28. The molecule has 2 fully saturated rings. The maximum atomic E-state index is 3.61. The third-order valence-electron chi connectivity index (χ3n) is 3.04. The minimum atomic E-state index is 0.884. The van der Waals surface area contributed by atoms with Crippen LogP contribution in [0.4, 0.5) is 0 Å². The van der Waals surface area contributed by atoms with Gasteiger partial charge in [-0.2, -0.15) is 0 Å². The normalized spacial score (nSPS) is 21.9. The molecular formula is C12H13Br. The smallest absolute Gasteiger partial charge is 0.0180 e. The van der Waals surface area contributed by atoms with Gasteiger partial charge >= 0.3 is 0 Å². The van der Waals surface area contributed by atoms with Crippen molar-refractivity contribution >= 4 is 15.9 Å². The summed E-state index contributed by atoms with van der Waals surface area (Å²) in [5.74, 6) is 1.77. The summed E-state index contributed by atoms with van der Waals surface area (Å²) in [6.45, 7) is 0. The van der Waals surface area contributed by atoms with Gasteiger partial charge in [-0.25, -0.2) is 0 Å². The van der Waals surface area contributed by atoms with E-state index in [0.29, 0.717) is 0 Å². The number of rotatable bonds is 2. The third kappa shape index (κ3) is 1.67. The molecule has 0 heterocycles. The van der Waals surface area contributed by atoms with Crippen molar-refractivity contribution in [2.45, 2.75) is 37.5 Å². The molecule has 0 nitrogen and oxygen atoms in total. The van der Waals surface area contributed by atoms with Gasteiger partial charge in [0.1, 0.15) is 0 Å². The highest BCUT2D eigenvalue weighted by atomic mass is 79.9. The van der Waals surface area contributed by atoms with Gasteiger partial charge in [-0.15, -0.1) is 0 Å². The van der Waals surface area contributed by atoms with Crippen LogP contribution in [0.5, 0.6) is 0 Å². The summed E-state index contributed by atoms with van der Waals surface area (Å²) in [6.07, 6.45) is 5.61. The Morgan fingerprint density at radius 3 is 1.69 bits per heavy atom. The van der Waals surface area contributed by atoms with E-state index in [1.165, 1.54) is 30.2 Å². The summed E-state index contributed by atoms with van der Waals surface area (Å²) >= 11 is 3.61. The lowest BCUT2D eigenvalue weighted by atomic mass is 10.0. The Kier molecular flexibility index (Phi) is 1.76. The van der Waals surface area contributed by atoms with Gasteiger partial charge in [0.05, 0.1) is 0 Å². The molecule has 68 valence electrons. The van der Waals surface area contributed by atoms with Crippen molar-refractivity contribution in [3.05, 3.63) is 33.8 Å². The van der Waals surface area contributed by atoms with Crippen molar-refractivity contribution in [3.8, 4) is 0 Å². The molecule has 0 bridgehead atoms. The molecule has 1 aromatic carbocycles. The molecule has 1 heteroatoms. The van der Waals surface area contributed by atoms with E-state index in [4.69, 9.17) is 0 Å². The predicted octanol–water partition coefficient (Wildman–Crippen LogP) is 4.20. The van der Waals surface area contributed by atoms with Gasteiger partial charge in [-0.3, -0.25) is 0 Å². The van der Waals surface area contributed by atoms with Crippen LogP contribution in [-0.4, -0.2) is 0 Å². The van der Waals surface area contributed by atoms with Crippen molar-refractivity contribution in [3.63, 3.8) is 0 Å². The summed E-state index contributed by atoms with van der Waals surface area (Å²) in [7, 11) is 0. The first-order valence-corrected chi connectivity index (χ1v) is 5.92. The molecule has 2 saturated carbocycles. The Hall–Kier alpha value is -0.300. The van der Waals surface area contributed by atoms with E-state index in [0.717, 1.165) is 11.8 Å². The molecule has 0 unspecified atom stereocenters. The van der Waals surface area contributed by atoms with Gasteiger partial charge in [-0.05, 0) is 60.8 Å². The van der Waals surface area contributed by atoms with E-state index >= 15 is 0 Å². The summed E-state index contributed by atoms with van der Waals surface area (Å²) in [4.78, 5) is 0. The van der Waals surface area contributed by atoms with Gasteiger partial charge in [-0.1, -0.05) is 22.0 Å². The predicted molar refractivity (Wildman–Crippen MR) is 58.1 cm³/mol. The Bertz CT molecular complexity index is 305. The fourth-order valence-corrected chi connectivity index (χ4v) is 2.47. The van der Waals surface area contributed by atoms with Crippen LogP contribution in [0.2, 0.25) is 0 Å². The minimum Gasteiger partial charge on any atom is -0.0552 e. The van der Waals surface area contributed by atoms with Crippen LogP contribution in [0.1, 0.15) is 48.6 Å². The maximum absolute atomic E-state index is 3.61. The highest BCUT2D eigenvalue weighted by molar-refractivity contribution is 9.10. The van der Waals surface area contributed by atoms with Gasteiger partial charge < -0.3 is 0 Å². The fourth-order valence-electron chi connectivity index (χ4n) is 1.94. The van der Waals surface area contributed by atoms with Crippen molar-refractivity contribution in [1.29, 1.82) is 0 Å². The van der Waals surface area contributed by atoms with Crippen LogP contribution in [0, 0.1) is 0 Å². The zero-order valence-electron chi connectivity index (χ0n) is 7.59. The molecule has 0 spiro atoms. The van der Waals surface area contributed by atoms with E-state index in [2.05, 4.69) is 34.1 Å². The topological polar surface area (TPSA) is 0 Å². The zero-order chi connectivity index (χ0) is 8.84. The lowest BCUT2D eigenvalue weighted by molar-refractivity contribution is 1.07. The van der Waals surface area contributed by atoms with Gasteiger partial charge in [0.15, 0.2) is 0 Å². The Balaban J connectivity index is 1.99. The average molecular weight is 237 g/mol. The lowest BCUT2D eigenvalue weighted by Gasteiger charge is -2.04. The second-order valence-corrected chi connectivity index (χ2v) is 5.28. The van der Waals surface area contributed by atoms with Crippen molar-refractivity contribution in [2.24, 2.45) is 0 Å². The highest BCUT2D eigenvalue weighted by Crippen LogP contribution is 2.45. The summed E-state index contributed by atoms with van der Waals surface area (Å²) in [5.41, 5.74) is 3.13. The van der Waals surface area contributed by atoms with Crippen LogP contribution in [0.15, 0.2) is 22.7 Å². The van der Waals surface area contributed by atoms with Gasteiger partial charge in [0.2, 0.25) is 0 Å². The van der Waals surface area contributed by atoms with E-state index in [1.54, 1.807) is 11.1 Å². The summed E-state index contributed by atoms with van der Waals surface area (Å²) in [6, 6.07) is 7.02. The third-order valence-corrected chi connectivity index (χ3v) is 3.50. The molecule has 0 N–H and O–H groups in total. The first-order valence-electron chi connectivity index (χ1n) is 5.13. The number of hydrogen-bond acceptors (Lipinski definition) is 0. The highest BCUT2D eigenvalue weighted by Gasteiger charge is 2.28. The second kappa shape index (κ2) is 2.84. The van der Waals surface area contributed by atoms with Gasteiger partial charge in [0.25, 0.3) is 0 Å². The molecule has 2 aliphatic carbocycles. The van der Waals surface area contributed by atoms with E-state index in [-0.39, 0.29) is 0 Å². The Morgan fingerprint density at radius 1 is 0.846 bits per heavy atom. The molecule has 0 atom stereocenters. The molecule has 0 aliphatic heterocycles. The van der Waals surface area contributed by atoms with Crippen molar-refractivity contribution in [2.75, 3.05) is 0 Å². The summed E-state index contributed by atoms with van der Waals surface area (Å²) in [5, 5.41) is 0. The van der Waals surface area contributed by atoms with Crippen LogP contribution in [-0.2, 0) is 0 Å². The molecule has 0 aromatic heterocycles. The van der Waals surface area contributed by atoms with E-state index in [9.17, 15) is 0 Å². The molecule has 3 rings (SSSR count). The molecule has 1 aromatic rings. The quantitative estimate of drug-likeness (QED) is 0.722. The molecular weight excluding hydrogens is 224 g/mol. The number of hydrogen-bond donors (Lipinski definition) is 0. The number of halogens is 1. The fraction of sp³-hybridized carbons (Fsp3) is 0.500. The first-order chi connectivity index (χ1) is 6.33. The second-order valence-electron chi connectivity index (χ2n) is 4.37. The van der Waals surface area contributed by atoms with Crippen molar-refractivity contribution in [1.82, 2.24) is 0 Å². The lowest BCUT2D eigenvalue weighted by Crippen LogP contribution is -1.85. The average Bonchev–Trinajstić information content (AvgIpc) is 2.98. The molecule has 0 radical (unpaired) electrons. The standard InChI is InChI=1S/C12H13Br/c13-12-6-10(8-1-2-8)5-11(7-12)9-3-4-9/h5-9H,1-4H2. The molecule has 0 amide bonds. The van der Waals surface area contributed by atoms with Crippen LogP contribution in [0.25, 0.3) is 0 Å². The molecule has 2 aliphatic rings. The SMILES string of the molecule is Brc1cc(C2CC2)cc(C2CC2)c1. The van der Waals surface area contributed by atoms with Crippen LogP contribution in [0.3, 0.4) is 0 Å². The maximum Gasteiger partial charge on any atom is 0.0180 e. The van der Waals surface area contributed by atoms with Gasteiger partial charge in [0, 0.05) is 4.47 Å². The van der Waals surface area contributed by atoms with E-state index in [1.807, 2.05) is 0 Å². The first kappa shape index (κ1) is 8.05. The molecule has 0 saturated heterocycles. The number of benzene rings is 1. The Labute approximate surface area is 87.5 Å². The Morgan fingerprint density at radius 2 is 1.31 bits per heavy atom. The van der Waals surface area contributed by atoms with E-state index < -0.39 is 0 Å². The molecule has 13 heavy (non-hydrogen) atoms. The van der Waals surface area contributed by atoms with Crippen molar-refractivity contribution < 1.29 is 0 Å².